The Balaban J connectivity index is 0.000000277. The number of aromatic carboxylic acids is 1. The molecule has 120 valence electrons. The number of nitrogens with zero attached hydrogens (tertiary/aromatic N) is 5. The van der Waals surface area contributed by atoms with Gasteiger partial charge in [0.05, 0.1) is 4.92 Å². The van der Waals surface area contributed by atoms with Gasteiger partial charge >= 0.3 is 5.97 Å². The average molecular weight is 323 g/mol. The third-order valence-electron chi connectivity index (χ3n) is 2.59. The van der Waals surface area contributed by atoms with Crippen LogP contribution in [0.5, 0.6) is 0 Å². The van der Waals surface area contributed by atoms with Crippen LogP contribution in [-0.4, -0.2) is 38.1 Å². The monoisotopic (exact) mass is 323 g/mol. The molecule has 1 aromatic rings. The van der Waals surface area contributed by atoms with Gasteiger partial charge in [-0.3, -0.25) is 24.9 Å². The molecule has 1 aromatic carbocycles. The summed E-state index contributed by atoms with van der Waals surface area (Å²) in [5, 5.41) is 30.8. The molecule has 0 unspecified atom stereocenters. The first-order chi connectivity index (χ1) is 10.8. The van der Waals surface area contributed by atoms with Crippen molar-refractivity contribution in [2.75, 3.05) is 0 Å². The van der Waals surface area contributed by atoms with Crippen molar-refractivity contribution in [2.45, 2.75) is 12.8 Å². The highest BCUT2D eigenvalue weighted by molar-refractivity contribution is 6.00. The summed E-state index contributed by atoms with van der Waals surface area (Å²) < 4.78 is 0. The average Bonchev–Trinajstić information content (AvgIpc) is 2.79. The third kappa shape index (κ3) is 4.49. The minimum absolute atomic E-state index is 0.0144. The minimum atomic E-state index is -1.45. The maximum absolute atomic E-state index is 10.6. The summed E-state index contributed by atoms with van der Waals surface area (Å²) in [4.78, 5) is 43.2. The van der Waals surface area contributed by atoms with E-state index in [0.29, 0.717) is 0 Å². The zero-order chi connectivity index (χ0) is 17.6. The Kier molecular flexibility index (Phi) is 5.72. The predicted octanol–water partition coefficient (Wildman–Crippen LogP) is 1.76. The lowest BCUT2D eigenvalue weighted by atomic mass is 10.1. The van der Waals surface area contributed by atoms with Crippen LogP contribution in [0.15, 0.2) is 23.3 Å². The Bertz CT molecular complexity index is 709. The second kappa shape index (κ2) is 7.49. The standard InChI is InChI=1S/C7H4N4O4.C4H5NO3/c8-10-9-4-1-2-6(11(14)15)5(3-4)7(12)13;6-3-1-2-4(7)5(3)8/h1-3H,(H,12,13);8H,1-2H2. The molecule has 0 radical (unpaired) electrons. The van der Waals surface area contributed by atoms with Crippen molar-refractivity contribution in [3.05, 3.63) is 44.3 Å². The number of carboxylic acid groups (broad SMARTS) is 1. The molecular formula is C11H9N5O7. The summed E-state index contributed by atoms with van der Waals surface area (Å²) in [6, 6.07) is 3.10. The van der Waals surface area contributed by atoms with Crippen LogP contribution in [0.25, 0.3) is 10.4 Å². The summed E-state index contributed by atoms with van der Waals surface area (Å²) in [6.45, 7) is 0. The highest BCUT2D eigenvalue weighted by atomic mass is 16.6. The van der Waals surface area contributed by atoms with E-state index in [1.165, 1.54) is 6.07 Å². The molecule has 2 N–H and O–H groups in total. The van der Waals surface area contributed by atoms with Crippen molar-refractivity contribution in [3.63, 3.8) is 0 Å². The number of carbonyl (C=O) groups is 3. The van der Waals surface area contributed by atoms with Gasteiger partial charge in [0.15, 0.2) is 0 Å². The van der Waals surface area contributed by atoms with Crippen LogP contribution < -0.4 is 0 Å². The summed E-state index contributed by atoms with van der Waals surface area (Å²) in [5.74, 6) is -2.46. The number of nitro benzene ring substituents is 1. The highest BCUT2D eigenvalue weighted by Gasteiger charge is 2.26. The molecule has 12 heteroatoms. The molecule has 0 aromatic heterocycles. The van der Waals surface area contributed by atoms with Gasteiger partial charge < -0.3 is 5.11 Å². The smallest absolute Gasteiger partial charge is 0.342 e. The fourth-order valence-electron chi connectivity index (χ4n) is 1.53. The number of amides is 2. The van der Waals surface area contributed by atoms with Crippen LogP contribution in [0.1, 0.15) is 23.2 Å². The first-order valence-electron chi connectivity index (χ1n) is 5.89. The van der Waals surface area contributed by atoms with Gasteiger partial charge in [-0.2, -0.15) is 5.06 Å². The molecule has 2 rings (SSSR count). The Morgan fingerprint density at radius 1 is 1.35 bits per heavy atom. The van der Waals surface area contributed by atoms with Gasteiger partial charge in [-0.25, -0.2) is 4.79 Å². The molecule has 0 spiro atoms. The van der Waals surface area contributed by atoms with Crippen molar-refractivity contribution < 1.29 is 29.6 Å². The molecule has 0 saturated carbocycles. The summed E-state index contributed by atoms with van der Waals surface area (Å²) in [6.07, 6.45) is 0.296. The molecule has 1 aliphatic rings. The molecule has 1 saturated heterocycles. The van der Waals surface area contributed by atoms with Crippen LogP contribution in [0.2, 0.25) is 0 Å². The molecule has 1 heterocycles. The van der Waals surface area contributed by atoms with E-state index >= 15 is 0 Å². The van der Waals surface area contributed by atoms with E-state index in [-0.39, 0.29) is 23.6 Å². The van der Waals surface area contributed by atoms with Gasteiger partial charge in [-0.05, 0) is 17.7 Å². The number of rotatable bonds is 3. The number of hydrogen-bond donors (Lipinski definition) is 2. The lowest BCUT2D eigenvalue weighted by Gasteiger charge is -1.98. The maximum atomic E-state index is 10.6. The Hall–Kier alpha value is -3.50. The van der Waals surface area contributed by atoms with Gasteiger partial charge in [0.2, 0.25) is 0 Å². The Morgan fingerprint density at radius 3 is 2.26 bits per heavy atom. The SMILES string of the molecule is O=C1CCC(=O)N1O.[N-]=[N+]=Nc1ccc([N+](=O)[O-])c(C(=O)O)c1. The molecule has 1 fully saturated rings. The summed E-state index contributed by atoms with van der Waals surface area (Å²) in [5.41, 5.74) is 7.07. The van der Waals surface area contributed by atoms with E-state index in [4.69, 9.17) is 15.8 Å². The van der Waals surface area contributed by atoms with Crippen molar-refractivity contribution in [3.8, 4) is 0 Å². The second-order valence-electron chi connectivity index (χ2n) is 4.05. The zero-order valence-electron chi connectivity index (χ0n) is 11.3. The van der Waals surface area contributed by atoms with E-state index in [1.807, 2.05) is 0 Å². The fourth-order valence-corrected chi connectivity index (χ4v) is 1.53. The van der Waals surface area contributed by atoms with E-state index in [9.17, 15) is 24.5 Å². The predicted molar refractivity (Wildman–Crippen MR) is 71.7 cm³/mol. The lowest BCUT2D eigenvalue weighted by Crippen LogP contribution is -2.24. The van der Waals surface area contributed by atoms with Gasteiger partial charge in [0.25, 0.3) is 17.5 Å². The number of hydrogen-bond acceptors (Lipinski definition) is 7. The number of hydroxylamine groups is 2. The van der Waals surface area contributed by atoms with Crippen LogP contribution in [-0.2, 0) is 9.59 Å². The largest absolute Gasteiger partial charge is 0.477 e. The fraction of sp³-hybridized carbons (Fsp3) is 0.182. The number of carboxylic acids is 1. The number of imide groups is 1. The van der Waals surface area contributed by atoms with E-state index < -0.39 is 34.0 Å². The molecule has 1 aliphatic heterocycles. The van der Waals surface area contributed by atoms with Crippen molar-refractivity contribution in [1.82, 2.24) is 5.06 Å². The number of benzene rings is 1. The number of azide groups is 1. The van der Waals surface area contributed by atoms with Crippen molar-refractivity contribution in [2.24, 2.45) is 5.11 Å². The molecule has 12 nitrogen and oxygen atoms in total. The van der Waals surface area contributed by atoms with E-state index in [1.54, 1.807) is 0 Å². The third-order valence-corrected chi connectivity index (χ3v) is 2.59. The maximum Gasteiger partial charge on any atom is 0.342 e. The van der Waals surface area contributed by atoms with Crippen LogP contribution in [0.3, 0.4) is 0 Å². The first kappa shape index (κ1) is 17.6. The molecule has 0 atom stereocenters. The number of nitro groups is 1. The van der Waals surface area contributed by atoms with Crippen LogP contribution >= 0.6 is 0 Å². The molecule has 0 bridgehead atoms. The van der Waals surface area contributed by atoms with Gasteiger partial charge in [-0.1, -0.05) is 5.11 Å². The lowest BCUT2D eigenvalue weighted by molar-refractivity contribution is -0.385. The molecular weight excluding hydrogens is 314 g/mol. The Labute approximate surface area is 127 Å². The van der Waals surface area contributed by atoms with Gasteiger partial charge in [0.1, 0.15) is 5.56 Å². The van der Waals surface area contributed by atoms with Crippen LogP contribution in [0, 0.1) is 10.1 Å². The first-order valence-corrected chi connectivity index (χ1v) is 5.89. The van der Waals surface area contributed by atoms with Crippen molar-refractivity contribution in [1.29, 1.82) is 0 Å². The molecule has 0 aliphatic carbocycles. The molecule has 23 heavy (non-hydrogen) atoms. The Morgan fingerprint density at radius 2 is 1.91 bits per heavy atom. The molecule has 2 amide bonds. The van der Waals surface area contributed by atoms with Gasteiger partial charge in [-0.15, -0.1) is 0 Å². The second-order valence-corrected chi connectivity index (χ2v) is 4.05. The van der Waals surface area contributed by atoms with Crippen LogP contribution in [0.4, 0.5) is 11.4 Å². The number of carbonyl (C=O) groups excluding carboxylic acids is 2. The van der Waals surface area contributed by atoms with E-state index in [2.05, 4.69) is 10.0 Å². The van der Waals surface area contributed by atoms with Crippen molar-refractivity contribution >= 4 is 29.2 Å². The zero-order valence-corrected chi connectivity index (χ0v) is 11.3. The highest BCUT2D eigenvalue weighted by Crippen LogP contribution is 2.24. The minimum Gasteiger partial charge on any atom is -0.477 e. The summed E-state index contributed by atoms with van der Waals surface area (Å²) >= 11 is 0. The normalized spacial score (nSPS) is 13.0. The summed E-state index contributed by atoms with van der Waals surface area (Å²) in [7, 11) is 0. The topological polar surface area (TPSA) is 187 Å². The van der Waals surface area contributed by atoms with E-state index in [0.717, 1.165) is 12.1 Å². The van der Waals surface area contributed by atoms with Gasteiger partial charge in [0, 0.05) is 29.5 Å². The quantitative estimate of drug-likeness (QED) is 0.161.